The summed E-state index contributed by atoms with van der Waals surface area (Å²) >= 11 is 0. The molecular weight excluding hydrogens is 296 g/mol. The highest BCUT2D eigenvalue weighted by Crippen LogP contribution is 2.40. The van der Waals surface area contributed by atoms with Crippen LogP contribution in [0.1, 0.15) is 85.7 Å². The first-order valence-corrected chi connectivity index (χ1v) is 11.7. The second kappa shape index (κ2) is 9.38. The fourth-order valence-electron chi connectivity index (χ4n) is 3.91. The zero-order valence-corrected chi connectivity index (χ0v) is 17.3. The zero-order valence-electron chi connectivity index (χ0n) is 16.3. The lowest BCUT2D eigenvalue weighted by atomic mass is 10.1. The number of unbranched alkanes of at least 4 members (excludes halogenated alkanes) is 3. The highest BCUT2D eigenvalue weighted by Gasteiger charge is 2.41. The summed E-state index contributed by atoms with van der Waals surface area (Å²) in [5.74, 6) is 5.35. The van der Waals surface area contributed by atoms with E-state index in [0.717, 1.165) is 17.9 Å². The lowest BCUT2D eigenvalue weighted by Crippen LogP contribution is -2.43. The third-order valence-corrected chi connectivity index (χ3v) is 11.5. The molecule has 0 aliphatic heterocycles. The molecule has 130 valence electrons. The lowest BCUT2D eigenvalue weighted by Gasteiger charge is -2.37. The van der Waals surface area contributed by atoms with E-state index in [0.29, 0.717) is 16.6 Å². The molecule has 0 amide bonds. The van der Waals surface area contributed by atoms with Crippen LogP contribution in [0.15, 0.2) is 16.5 Å². The van der Waals surface area contributed by atoms with Gasteiger partial charge in [-0.3, -0.25) is 0 Å². The third kappa shape index (κ3) is 5.28. The summed E-state index contributed by atoms with van der Waals surface area (Å²) < 4.78 is 5.95. The van der Waals surface area contributed by atoms with Crippen molar-refractivity contribution < 1.29 is 4.42 Å². The molecule has 1 aromatic rings. The van der Waals surface area contributed by atoms with Gasteiger partial charge in [0.25, 0.3) is 0 Å². The number of furan rings is 1. The molecule has 0 unspecified atom stereocenters. The molecule has 23 heavy (non-hydrogen) atoms. The largest absolute Gasteiger partial charge is 0.453 e. The van der Waals surface area contributed by atoms with Crippen LogP contribution in [0.3, 0.4) is 0 Å². The van der Waals surface area contributed by atoms with E-state index < -0.39 is 8.07 Å². The second-order valence-electron chi connectivity index (χ2n) is 7.72. The summed E-state index contributed by atoms with van der Waals surface area (Å²) in [5.41, 5.74) is 5.73. The van der Waals surface area contributed by atoms with Gasteiger partial charge in [-0.15, -0.1) is 5.54 Å². The van der Waals surface area contributed by atoms with E-state index in [9.17, 15) is 0 Å². The van der Waals surface area contributed by atoms with Gasteiger partial charge >= 0.3 is 0 Å². The lowest BCUT2D eigenvalue weighted by molar-refractivity contribution is 0.486. The molecule has 0 aliphatic carbocycles. The van der Waals surface area contributed by atoms with Gasteiger partial charge in [0.05, 0.1) is 0 Å². The van der Waals surface area contributed by atoms with Crippen molar-refractivity contribution in [2.45, 2.75) is 97.2 Å². The van der Waals surface area contributed by atoms with Gasteiger partial charge in [0.1, 0.15) is 13.8 Å². The summed E-state index contributed by atoms with van der Waals surface area (Å²) in [4.78, 5) is 0. The normalized spacial score (nSPS) is 12.1. The monoisotopic (exact) mass is 332 g/mol. The van der Waals surface area contributed by atoms with Gasteiger partial charge in [-0.1, -0.05) is 67.7 Å². The van der Waals surface area contributed by atoms with Crippen molar-refractivity contribution in [3.05, 3.63) is 23.7 Å². The Hall–Kier alpha value is -0.943. The second-order valence-corrected chi connectivity index (χ2v) is 13.3. The van der Waals surface area contributed by atoms with Crippen molar-refractivity contribution in [3.8, 4) is 11.5 Å². The van der Waals surface area contributed by atoms with Crippen LogP contribution >= 0.6 is 0 Å². The molecule has 0 atom stereocenters. The first-order valence-electron chi connectivity index (χ1n) is 9.46. The molecule has 0 N–H and O–H groups in total. The van der Waals surface area contributed by atoms with Crippen molar-refractivity contribution in [2.24, 2.45) is 0 Å². The van der Waals surface area contributed by atoms with Gasteiger partial charge < -0.3 is 4.42 Å². The van der Waals surface area contributed by atoms with Crippen molar-refractivity contribution in [1.29, 1.82) is 0 Å². The van der Waals surface area contributed by atoms with Crippen LogP contribution in [-0.4, -0.2) is 8.07 Å². The van der Waals surface area contributed by atoms with Crippen LogP contribution in [0.5, 0.6) is 0 Å². The minimum absolute atomic E-state index is 0.665. The fourth-order valence-corrected chi connectivity index (χ4v) is 9.11. The molecular formula is C21H36OSi. The molecule has 0 aliphatic rings. The molecule has 1 aromatic heterocycles. The summed E-state index contributed by atoms with van der Waals surface area (Å²) in [7, 11) is -1.66. The first kappa shape index (κ1) is 20.1. The van der Waals surface area contributed by atoms with E-state index in [1.807, 2.05) is 0 Å². The number of hydrogen-bond donors (Lipinski definition) is 0. The van der Waals surface area contributed by atoms with Gasteiger partial charge in [-0.2, -0.15) is 0 Å². The highest BCUT2D eigenvalue weighted by atomic mass is 28.3. The van der Waals surface area contributed by atoms with Crippen molar-refractivity contribution in [1.82, 2.24) is 0 Å². The zero-order chi connectivity index (χ0) is 17.5. The van der Waals surface area contributed by atoms with E-state index in [4.69, 9.17) is 4.42 Å². The Labute approximate surface area is 145 Å². The molecule has 0 saturated heterocycles. The molecule has 2 heteroatoms. The minimum Gasteiger partial charge on any atom is -0.453 e. The Morgan fingerprint density at radius 1 is 0.913 bits per heavy atom. The van der Waals surface area contributed by atoms with Crippen LogP contribution in [0, 0.1) is 11.5 Å². The molecule has 1 nitrogen and oxygen atoms in total. The van der Waals surface area contributed by atoms with E-state index in [2.05, 4.69) is 72.1 Å². The molecule has 1 rings (SSSR count). The summed E-state index contributed by atoms with van der Waals surface area (Å²) in [6.07, 6.45) is 6.15. The Kier molecular flexibility index (Phi) is 8.20. The Bertz CT molecular complexity index is 492. The molecule has 0 spiro atoms. The topological polar surface area (TPSA) is 13.1 Å². The first-order chi connectivity index (χ1) is 10.8. The summed E-state index contributed by atoms with van der Waals surface area (Å²) in [6.45, 7) is 16.3. The maximum absolute atomic E-state index is 5.95. The van der Waals surface area contributed by atoms with Crippen molar-refractivity contribution in [3.63, 3.8) is 0 Å². The van der Waals surface area contributed by atoms with Gasteiger partial charge in [0.2, 0.25) is 0 Å². The molecule has 0 bridgehead atoms. The number of rotatable bonds is 8. The van der Waals surface area contributed by atoms with Crippen molar-refractivity contribution in [2.75, 3.05) is 0 Å². The van der Waals surface area contributed by atoms with Crippen LogP contribution in [0.4, 0.5) is 0 Å². The molecule has 0 aromatic carbocycles. The Morgan fingerprint density at radius 2 is 1.52 bits per heavy atom. The standard InChI is InChI=1S/C21H36OSi/c1-8-9-10-11-12-20-13-14-21(22-20)15-16-23(17(2)3,18(4)5)19(6)7/h13-14,17-19H,8-12H2,1-7H3. The van der Waals surface area contributed by atoms with E-state index in [1.165, 1.54) is 25.7 Å². The van der Waals surface area contributed by atoms with Gasteiger partial charge in [-0.25, -0.2) is 0 Å². The van der Waals surface area contributed by atoms with E-state index in [-0.39, 0.29) is 0 Å². The van der Waals surface area contributed by atoms with E-state index in [1.54, 1.807) is 0 Å². The highest BCUT2D eigenvalue weighted by molar-refractivity contribution is 6.90. The third-order valence-electron chi connectivity index (χ3n) is 5.21. The average molecular weight is 333 g/mol. The van der Waals surface area contributed by atoms with E-state index >= 15 is 0 Å². The number of aryl methyl sites for hydroxylation is 1. The average Bonchev–Trinajstić information content (AvgIpc) is 2.91. The number of hydrogen-bond acceptors (Lipinski definition) is 1. The van der Waals surface area contributed by atoms with Crippen LogP contribution in [0.2, 0.25) is 16.6 Å². The van der Waals surface area contributed by atoms with Gasteiger partial charge in [0.15, 0.2) is 5.76 Å². The predicted molar refractivity (Wildman–Crippen MR) is 104 cm³/mol. The summed E-state index contributed by atoms with van der Waals surface area (Å²) in [5, 5.41) is 0. The molecule has 0 radical (unpaired) electrons. The SMILES string of the molecule is CCCCCCc1ccc(C#C[Si](C(C)C)(C(C)C)C(C)C)o1. The van der Waals surface area contributed by atoms with Gasteiger partial charge in [0, 0.05) is 6.42 Å². The Balaban J connectivity index is 2.86. The predicted octanol–water partition coefficient (Wildman–Crippen LogP) is 6.97. The fraction of sp³-hybridized carbons (Fsp3) is 0.714. The van der Waals surface area contributed by atoms with Gasteiger partial charge in [-0.05, 0) is 41.1 Å². The van der Waals surface area contributed by atoms with Crippen LogP contribution in [0.25, 0.3) is 0 Å². The maximum atomic E-state index is 5.95. The smallest absolute Gasteiger partial charge is 0.176 e. The molecule has 0 fully saturated rings. The minimum atomic E-state index is -1.66. The van der Waals surface area contributed by atoms with Crippen molar-refractivity contribution >= 4 is 8.07 Å². The molecule has 1 heterocycles. The quantitative estimate of drug-likeness (QED) is 0.284. The Morgan fingerprint density at radius 3 is 2.04 bits per heavy atom. The summed E-state index contributed by atoms with van der Waals surface area (Å²) in [6, 6.07) is 4.17. The molecule has 0 saturated carbocycles. The maximum Gasteiger partial charge on any atom is 0.176 e. The van der Waals surface area contributed by atoms with Crippen LogP contribution in [-0.2, 0) is 6.42 Å². The van der Waals surface area contributed by atoms with Crippen LogP contribution < -0.4 is 0 Å².